The summed E-state index contributed by atoms with van der Waals surface area (Å²) in [6.07, 6.45) is 2.10. The number of fused-ring (bicyclic) bond motifs is 2. The molecule has 0 atom stereocenters. The summed E-state index contributed by atoms with van der Waals surface area (Å²) in [6, 6.07) is 13.1. The van der Waals surface area contributed by atoms with Crippen LogP contribution in [0.4, 0.5) is 0 Å². The first-order valence-electron chi connectivity index (χ1n) is 9.46. The van der Waals surface area contributed by atoms with Gasteiger partial charge in [0, 0.05) is 31.7 Å². The minimum Gasteiger partial charge on any atom is -0.492 e. The molecule has 0 bridgehead atoms. The highest BCUT2D eigenvalue weighted by Crippen LogP contribution is 2.35. The monoisotopic (exact) mass is 398 g/mol. The van der Waals surface area contributed by atoms with Gasteiger partial charge in [-0.15, -0.1) is 0 Å². The second-order valence-corrected chi connectivity index (χ2v) is 7.50. The number of amides is 2. The quantitative estimate of drug-likeness (QED) is 0.419. The molecule has 2 aromatic rings. The molecule has 0 aromatic heterocycles. The standard InChI is InChI=1S/C21H22N2O4S/c24-20-16-7-1-2-8-17(16)21(25)23(20)12-10-22-11-14-27-28-18-9-3-5-15-6-4-13-26-19(15)18/h1-3,5,7-9,22H,4,6,10-14H2. The van der Waals surface area contributed by atoms with Crippen molar-refractivity contribution in [1.82, 2.24) is 10.2 Å². The predicted molar refractivity (Wildman–Crippen MR) is 107 cm³/mol. The van der Waals surface area contributed by atoms with Crippen LogP contribution in [0, 0.1) is 0 Å². The van der Waals surface area contributed by atoms with Gasteiger partial charge in [-0.3, -0.25) is 14.5 Å². The lowest BCUT2D eigenvalue weighted by Crippen LogP contribution is -2.37. The normalized spacial score (nSPS) is 15.4. The summed E-state index contributed by atoms with van der Waals surface area (Å²) >= 11 is 1.33. The minimum absolute atomic E-state index is 0.219. The van der Waals surface area contributed by atoms with Crippen LogP contribution >= 0.6 is 12.0 Å². The van der Waals surface area contributed by atoms with Crippen molar-refractivity contribution in [3.05, 3.63) is 59.2 Å². The number of nitrogens with zero attached hydrogens (tertiary/aromatic N) is 1. The molecule has 146 valence electrons. The largest absolute Gasteiger partial charge is 0.492 e. The third-order valence-electron chi connectivity index (χ3n) is 4.80. The zero-order chi connectivity index (χ0) is 19.3. The number of nitrogens with one attached hydrogen (secondary N) is 1. The van der Waals surface area contributed by atoms with E-state index in [0.29, 0.717) is 37.4 Å². The van der Waals surface area contributed by atoms with Crippen LogP contribution in [-0.2, 0) is 10.6 Å². The number of carbonyl (C=O) groups excluding carboxylic acids is 2. The Kier molecular flexibility index (Phi) is 5.95. The topological polar surface area (TPSA) is 67.9 Å². The van der Waals surface area contributed by atoms with Crippen LogP contribution in [-0.4, -0.2) is 49.6 Å². The molecular weight excluding hydrogens is 376 g/mol. The molecule has 0 saturated heterocycles. The van der Waals surface area contributed by atoms with E-state index in [9.17, 15) is 9.59 Å². The van der Waals surface area contributed by atoms with E-state index in [1.807, 2.05) is 12.1 Å². The van der Waals surface area contributed by atoms with Crippen molar-refractivity contribution < 1.29 is 18.5 Å². The van der Waals surface area contributed by atoms with Crippen LogP contribution in [0.25, 0.3) is 0 Å². The smallest absolute Gasteiger partial charge is 0.261 e. The Morgan fingerprint density at radius 3 is 2.61 bits per heavy atom. The number of aryl methyl sites for hydroxylation is 1. The molecule has 28 heavy (non-hydrogen) atoms. The average molecular weight is 398 g/mol. The second kappa shape index (κ2) is 8.77. The first-order valence-corrected chi connectivity index (χ1v) is 10.2. The number of benzene rings is 2. The molecular formula is C21H22N2O4S. The lowest BCUT2D eigenvalue weighted by atomic mass is 10.1. The Balaban J connectivity index is 1.17. The molecule has 2 aliphatic rings. The van der Waals surface area contributed by atoms with Crippen molar-refractivity contribution in [3.63, 3.8) is 0 Å². The molecule has 0 spiro atoms. The average Bonchev–Trinajstić information content (AvgIpc) is 2.98. The van der Waals surface area contributed by atoms with E-state index in [1.165, 1.54) is 22.5 Å². The number of hydrogen-bond donors (Lipinski definition) is 1. The zero-order valence-electron chi connectivity index (χ0n) is 15.5. The molecule has 0 fully saturated rings. The number of hydrogen-bond acceptors (Lipinski definition) is 6. The van der Waals surface area contributed by atoms with Gasteiger partial charge in [0.2, 0.25) is 0 Å². The van der Waals surface area contributed by atoms with E-state index < -0.39 is 0 Å². The lowest BCUT2D eigenvalue weighted by molar-refractivity contribution is 0.0655. The zero-order valence-corrected chi connectivity index (χ0v) is 16.3. The summed E-state index contributed by atoms with van der Waals surface area (Å²) in [4.78, 5) is 26.9. The van der Waals surface area contributed by atoms with Crippen LogP contribution in [0.2, 0.25) is 0 Å². The van der Waals surface area contributed by atoms with Gasteiger partial charge < -0.3 is 14.2 Å². The van der Waals surface area contributed by atoms with Crippen molar-refractivity contribution in [2.24, 2.45) is 0 Å². The van der Waals surface area contributed by atoms with Gasteiger partial charge in [0.1, 0.15) is 5.75 Å². The van der Waals surface area contributed by atoms with E-state index in [1.54, 1.807) is 24.3 Å². The molecule has 1 N–H and O–H groups in total. The van der Waals surface area contributed by atoms with E-state index in [0.717, 1.165) is 30.1 Å². The summed E-state index contributed by atoms with van der Waals surface area (Å²) < 4.78 is 11.4. The SMILES string of the molecule is O=C1c2ccccc2C(=O)N1CCNCCOSc1cccc2c1OCCC2. The van der Waals surface area contributed by atoms with Gasteiger partial charge in [0.15, 0.2) is 0 Å². The molecule has 2 aliphatic heterocycles. The van der Waals surface area contributed by atoms with Crippen LogP contribution in [0.3, 0.4) is 0 Å². The Labute approximate surface area is 168 Å². The molecule has 0 saturated carbocycles. The molecule has 0 aliphatic carbocycles. The molecule has 2 aromatic carbocycles. The minimum atomic E-state index is -0.219. The van der Waals surface area contributed by atoms with Gasteiger partial charge in [-0.05, 0) is 36.6 Å². The van der Waals surface area contributed by atoms with Gasteiger partial charge in [0.05, 0.1) is 29.2 Å². The Hall–Kier alpha value is -2.35. The maximum absolute atomic E-state index is 12.3. The summed E-state index contributed by atoms with van der Waals surface area (Å²) in [7, 11) is 0. The molecule has 2 heterocycles. The highest BCUT2D eigenvalue weighted by molar-refractivity contribution is 7.94. The van der Waals surface area contributed by atoms with Crippen molar-refractivity contribution >= 4 is 23.9 Å². The van der Waals surface area contributed by atoms with Crippen LogP contribution < -0.4 is 10.1 Å². The lowest BCUT2D eigenvalue weighted by Gasteiger charge is -2.19. The van der Waals surface area contributed by atoms with Gasteiger partial charge in [0.25, 0.3) is 11.8 Å². The summed E-state index contributed by atoms with van der Waals surface area (Å²) in [5.74, 6) is 0.503. The second-order valence-electron chi connectivity index (χ2n) is 6.66. The van der Waals surface area contributed by atoms with Gasteiger partial charge in [-0.2, -0.15) is 0 Å². The van der Waals surface area contributed by atoms with Crippen LogP contribution in [0.1, 0.15) is 32.7 Å². The summed E-state index contributed by atoms with van der Waals surface area (Å²) in [6.45, 7) is 2.77. The van der Waals surface area contributed by atoms with Gasteiger partial charge >= 0.3 is 0 Å². The summed E-state index contributed by atoms with van der Waals surface area (Å²) in [5.41, 5.74) is 2.21. The maximum Gasteiger partial charge on any atom is 0.261 e. The van der Waals surface area contributed by atoms with Gasteiger partial charge in [-0.1, -0.05) is 24.3 Å². The number of para-hydroxylation sites is 1. The van der Waals surface area contributed by atoms with E-state index in [4.69, 9.17) is 8.92 Å². The van der Waals surface area contributed by atoms with Crippen molar-refractivity contribution in [2.45, 2.75) is 17.7 Å². The number of rotatable bonds is 8. The van der Waals surface area contributed by atoms with Crippen molar-refractivity contribution in [3.8, 4) is 5.75 Å². The van der Waals surface area contributed by atoms with Crippen LogP contribution in [0.15, 0.2) is 47.4 Å². The fourth-order valence-electron chi connectivity index (χ4n) is 3.40. The van der Waals surface area contributed by atoms with Crippen molar-refractivity contribution in [1.29, 1.82) is 0 Å². The predicted octanol–water partition coefficient (Wildman–Crippen LogP) is 2.92. The Bertz CT molecular complexity index is 851. The number of carbonyl (C=O) groups is 2. The molecule has 4 rings (SSSR count). The van der Waals surface area contributed by atoms with E-state index >= 15 is 0 Å². The van der Waals surface area contributed by atoms with Crippen LogP contribution in [0.5, 0.6) is 5.75 Å². The van der Waals surface area contributed by atoms with Gasteiger partial charge in [-0.25, -0.2) is 0 Å². The fraction of sp³-hybridized carbons (Fsp3) is 0.333. The number of ether oxygens (including phenoxy) is 1. The fourth-order valence-corrected chi connectivity index (χ4v) is 4.09. The Morgan fingerprint density at radius 2 is 1.82 bits per heavy atom. The highest BCUT2D eigenvalue weighted by Gasteiger charge is 2.34. The third-order valence-corrected chi connectivity index (χ3v) is 5.58. The molecule has 7 heteroatoms. The van der Waals surface area contributed by atoms with E-state index in [2.05, 4.69) is 11.4 Å². The number of imide groups is 1. The molecule has 0 radical (unpaired) electrons. The molecule has 2 amide bonds. The van der Waals surface area contributed by atoms with Crippen molar-refractivity contribution in [2.75, 3.05) is 32.8 Å². The first-order chi connectivity index (χ1) is 13.8. The third kappa shape index (κ3) is 3.92. The molecule has 0 unspecified atom stereocenters. The van der Waals surface area contributed by atoms with E-state index in [-0.39, 0.29) is 11.8 Å². The Morgan fingerprint density at radius 1 is 1.04 bits per heavy atom. The first kappa shape index (κ1) is 19.0. The molecule has 6 nitrogen and oxygen atoms in total. The highest BCUT2D eigenvalue weighted by atomic mass is 32.2. The summed E-state index contributed by atoms with van der Waals surface area (Å²) in [5, 5.41) is 3.21. The maximum atomic E-state index is 12.3.